The minimum absolute atomic E-state index is 0.200. The van der Waals surface area contributed by atoms with Crippen molar-refractivity contribution in [3.63, 3.8) is 0 Å². The fourth-order valence-electron chi connectivity index (χ4n) is 1.35. The maximum Gasteiger partial charge on any atom is 0.258 e. The largest absolute Gasteiger partial charge is 0.290 e. The van der Waals surface area contributed by atoms with Crippen LogP contribution >= 0.6 is 0 Å². The van der Waals surface area contributed by atoms with Crippen molar-refractivity contribution in [1.82, 2.24) is 9.97 Å². The molecule has 1 N–H and O–H groups in total. The topological polar surface area (TPSA) is 54.9 Å². The normalized spacial score (nSPS) is 10.0. The maximum absolute atomic E-state index is 11.8. The summed E-state index contributed by atoms with van der Waals surface area (Å²) < 4.78 is 0. The third kappa shape index (κ3) is 2.66. The Balaban J connectivity index is 2.16. The van der Waals surface area contributed by atoms with E-state index in [0.29, 0.717) is 11.5 Å². The molecule has 86 valence electrons. The lowest BCUT2D eigenvalue weighted by atomic mass is 10.2. The number of amides is 1. The summed E-state index contributed by atoms with van der Waals surface area (Å²) in [6, 6.07) is 8.99. The molecule has 0 saturated carbocycles. The van der Waals surface area contributed by atoms with E-state index in [1.54, 1.807) is 18.3 Å². The highest BCUT2D eigenvalue weighted by Gasteiger charge is 2.07. The second kappa shape index (κ2) is 4.74. The summed E-state index contributed by atoms with van der Waals surface area (Å²) in [6.45, 7) is 3.81. The van der Waals surface area contributed by atoms with E-state index in [9.17, 15) is 4.79 Å². The van der Waals surface area contributed by atoms with Crippen LogP contribution in [0, 0.1) is 13.8 Å². The average molecular weight is 227 g/mol. The maximum atomic E-state index is 11.8. The second-order valence-electron chi connectivity index (χ2n) is 3.78. The Morgan fingerprint density at radius 2 is 1.88 bits per heavy atom. The molecule has 1 amide bonds. The molecule has 0 unspecified atom stereocenters. The molecule has 17 heavy (non-hydrogen) atoms. The van der Waals surface area contributed by atoms with Crippen molar-refractivity contribution in [2.24, 2.45) is 0 Å². The molecule has 2 rings (SSSR count). The van der Waals surface area contributed by atoms with E-state index in [4.69, 9.17) is 0 Å². The molecule has 0 bridgehead atoms. The van der Waals surface area contributed by atoms with Gasteiger partial charge in [0, 0.05) is 17.5 Å². The van der Waals surface area contributed by atoms with Gasteiger partial charge >= 0.3 is 0 Å². The van der Waals surface area contributed by atoms with Gasteiger partial charge in [-0.15, -0.1) is 0 Å². The minimum atomic E-state index is -0.200. The van der Waals surface area contributed by atoms with Crippen LogP contribution in [0.2, 0.25) is 0 Å². The first kappa shape index (κ1) is 11.3. The van der Waals surface area contributed by atoms with Gasteiger partial charge in [0.2, 0.25) is 5.95 Å². The Labute approximate surface area is 99.7 Å². The SMILES string of the molecule is Cc1cnc(NC(=O)c2ccccc2)nc1C. The molecule has 1 aromatic heterocycles. The minimum Gasteiger partial charge on any atom is -0.290 e. The van der Waals surface area contributed by atoms with Gasteiger partial charge in [0.05, 0.1) is 0 Å². The monoisotopic (exact) mass is 227 g/mol. The van der Waals surface area contributed by atoms with Crippen LogP contribution in [0.1, 0.15) is 21.6 Å². The number of aromatic nitrogens is 2. The number of aryl methyl sites for hydroxylation is 2. The summed E-state index contributed by atoms with van der Waals surface area (Å²) in [4.78, 5) is 20.1. The van der Waals surface area contributed by atoms with Gasteiger partial charge in [-0.05, 0) is 31.5 Å². The molecule has 0 spiro atoms. The number of benzene rings is 1. The van der Waals surface area contributed by atoms with E-state index in [-0.39, 0.29) is 5.91 Å². The zero-order chi connectivity index (χ0) is 12.3. The number of rotatable bonds is 2. The van der Waals surface area contributed by atoms with Crippen molar-refractivity contribution in [3.05, 3.63) is 53.3 Å². The van der Waals surface area contributed by atoms with Gasteiger partial charge in [0.1, 0.15) is 0 Å². The lowest BCUT2D eigenvalue weighted by Gasteiger charge is -2.05. The second-order valence-corrected chi connectivity index (χ2v) is 3.78. The molecular formula is C13H13N3O. The molecule has 2 aromatic rings. The molecule has 1 aromatic carbocycles. The zero-order valence-corrected chi connectivity index (χ0v) is 9.77. The first-order chi connectivity index (χ1) is 8.16. The molecule has 0 aliphatic carbocycles. The summed E-state index contributed by atoms with van der Waals surface area (Å²) in [6.07, 6.45) is 1.70. The van der Waals surface area contributed by atoms with Crippen LogP contribution in [0.25, 0.3) is 0 Å². The van der Waals surface area contributed by atoms with Gasteiger partial charge < -0.3 is 0 Å². The summed E-state index contributed by atoms with van der Waals surface area (Å²) in [5.74, 6) is 0.135. The number of anilines is 1. The zero-order valence-electron chi connectivity index (χ0n) is 9.77. The Kier molecular flexibility index (Phi) is 3.14. The molecule has 0 aliphatic rings. The van der Waals surface area contributed by atoms with Gasteiger partial charge in [-0.1, -0.05) is 18.2 Å². The van der Waals surface area contributed by atoms with Gasteiger partial charge in [-0.25, -0.2) is 9.97 Å². The number of nitrogens with zero attached hydrogens (tertiary/aromatic N) is 2. The number of nitrogens with one attached hydrogen (secondary N) is 1. The average Bonchev–Trinajstić information content (AvgIpc) is 2.35. The van der Waals surface area contributed by atoms with Crippen LogP contribution in [-0.2, 0) is 0 Å². The fourth-order valence-corrected chi connectivity index (χ4v) is 1.35. The van der Waals surface area contributed by atoms with Gasteiger partial charge in [-0.2, -0.15) is 0 Å². The standard InChI is InChI=1S/C13H13N3O/c1-9-8-14-13(15-10(9)2)16-12(17)11-6-4-3-5-7-11/h3-8H,1-2H3,(H,14,15,16,17). The van der Waals surface area contributed by atoms with E-state index < -0.39 is 0 Å². The molecular weight excluding hydrogens is 214 g/mol. The van der Waals surface area contributed by atoms with E-state index >= 15 is 0 Å². The predicted octanol–water partition coefficient (Wildman–Crippen LogP) is 2.35. The molecule has 4 nitrogen and oxygen atoms in total. The molecule has 1 heterocycles. The first-order valence-corrected chi connectivity index (χ1v) is 5.33. The van der Waals surface area contributed by atoms with Crippen LogP contribution in [0.5, 0.6) is 0 Å². The lowest BCUT2D eigenvalue weighted by molar-refractivity contribution is 0.102. The van der Waals surface area contributed by atoms with E-state index in [1.807, 2.05) is 32.0 Å². The third-order valence-corrected chi connectivity index (χ3v) is 2.49. The van der Waals surface area contributed by atoms with Gasteiger partial charge in [0.25, 0.3) is 5.91 Å². The molecule has 0 saturated heterocycles. The van der Waals surface area contributed by atoms with Crippen molar-refractivity contribution < 1.29 is 4.79 Å². The van der Waals surface area contributed by atoms with Crippen molar-refractivity contribution >= 4 is 11.9 Å². The summed E-state index contributed by atoms with van der Waals surface area (Å²) in [7, 11) is 0. The molecule has 0 fully saturated rings. The molecule has 0 aliphatic heterocycles. The highest BCUT2D eigenvalue weighted by Crippen LogP contribution is 2.07. The Bertz CT molecular complexity index is 538. The Morgan fingerprint density at radius 1 is 1.18 bits per heavy atom. The summed E-state index contributed by atoms with van der Waals surface area (Å²) >= 11 is 0. The number of hydrogen-bond donors (Lipinski definition) is 1. The number of hydrogen-bond acceptors (Lipinski definition) is 3. The Morgan fingerprint density at radius 3 is 2.53 bits per heavy atom. The van der Waals surface area contributed by atoms with E-state index in [0.717, 1.165) is 11.3 Å². The first-order valence-electron chi connectivity index (χ1n) is 5.33. The summed E-state index contributed by atoms with van der Waals surface area (Å²) in [5.41, 5.74) is 2.46. The van der Waals surface area contributed by atoms with E-state index in [1.165, 1.54) is 0 Å². The van der Waals surface area contributed by atoms with Gasteiger partial charge in [-0.3, -0.25) is 10.1 Å². The van der Waals surface area contributed by atoms with E-state index in [2.05, 4.69) is 15.3 Å². The smallest absolute Gasteiger partial charge is 0.258 e. The Hall–Kier alpha value is -2.23. The quantitative estimate of drug-likeness (QED) is 0.856. The van der Waals surface area contributed by atoms with Gasteiger partial charge in [0.15, 0.2) is 0 Å². The third-order valence-electron chi connectivity index (χ3n) is 2.49. The number of carbonyl (C=O) groups is 1. The van der Waals surface area contributed by atoms with Crippen LogP contribution < -0.4 is 5.32 Å². The predicted molar refractivity (Wildman–Crippen MR) is 65.9 cm³/mol. The number of carbonyl (C=O) groups excluding carboxylic acids is 1. The van der Waals surface area contributed by atoms with Crippen LogP contribution in [0.4, 0.5) is 5.95 Å². The van der Waals surface area contributed by atoms with Crippen LogP contribution in [0.3, 0.4) is 0 Å². The van der Waals surface area contributed by atoms with Crippen molar-refractivity contribution in [3.8, 4) is 0 Å². The highest BCUT2D eigenvalue weighted by molar-refractivity contribution is 6.03. The highest BCUT2D eigenvalue weighted by atomic mass is 16.1. The molecule has 4 heteroatoms. The lowest BCUT2D eigenvalue weighted by Crippen LogP contribution is -2.14. The van der Waals surface area contributed by atoms with Crippen LogP contribution in [-0.4, -0.2) is 15.9 Å². The van der Waals surface area contributed by atoms with Crippen molar-refractivity contribution in [2.75, 3.05) is 5.32 Å². The summed E-state index contributed by atoms with van der Waals surface area (Å²) in [5, 5.41) is 2.67. The van der Waals surface area contributed by atoms with Crippen molar-refractivity contribution in [2.45, 2.75) is 13.8 Å². The van der Waals surface area contributed by atoms with Crippen molar-refractivity contribution in [1.29, 1.82) is 0 Å². The molecule has 0 radical (unpaired) electrons. The van der Waals surface area contributed by atoms with Crippen LogP contribution in [0.15, 0.2) is 36.5 Å². The fraction of sp³-hybridized carbons (Fsp3) is 0.154. The molecule has 0 atom stereocenters.